The van der Waals surface area contributed by atoms with Gasteiger partial charge < -0.3 is 10.2 Å². The summed E-state index contributed by atoms with van der Waals surface area (Å²) in [5.74, 6) is 0. The third-order valence-corrected chi connectivity index (χ3v) is 3.66. The smallest absolute Gasteiger partial charge is 0.0294 e. The molecular weight excluding hydrogens is 220 g/mol. The fraction of sp³-hybridized carbons (Fsp3) is 0.625. The van der Waals surface area contributed by atoms with Crippen LogP contribution < -0.4 is 5.32 Å². The molecule has 0 amide bonds. The molecular formula is C16H28N2. The summed E-state index contributed by atoms with van der Waals surface area (Å²) in [6, 6.07) is 7.14. The lowest BCUT2D eigenvalue weighted by Gasteiger charge is -2.21. The summed E-state index contributed by atoms with van der Waals surface area (Å²) in [5, 5.41) is 3.62. The van der Waals surface area contributed by atoms with E-state index < -0.39 is 0 Å². The maximum Gasteiger partial charge on any atom is 0.0294 e. The number of nitrogens with one attached hydrogen (secondary N) is 1. The molecule has 1 N–H and O–H groups in total. The molecule has 0 saturated heterocycles. The Morgan fingerprint density at radius 3 is 2.39 bits per heavy atom. The van der Waals surface area contributed by atoms with Crippen LogP contribution in [0.1, 0.15) is 43.5 Å². The lowest BCUT2D eigenvalue weighted by molar-refractivity contribution is 0.298. The summed E-state index contributed by atoms with van der Waals surface area (Å²) in [5.41, 5.74) is 4.14. The van der Waals surface area contributed by atoms with Crippen molar-refractivity contribution in [2.45, 2.75) is 40.7 Å². The zero-order valence-electron chi connectivity index (χ0n) is 12.6. The normalized spacial score (nSPS) is 13.0. The zero-order chi connectivity index (χ0) is 13.5. The molecule has 2 nitrogen and oxygen atoms in total. The van der Waals surface area contributed by atoms with Gasteiger partial charge in [0.15, 0.2) is 0 Å². The predicted octanol–water partition coefficient (Wildman–Crippen LogP) is 3.30. The number of nitrogens with zero attached hydrogens (tertiary/aromatic N) is 1. The van der Waals surface area contributed by atoms with Gasteiger partial charge in [0.05, 0.1) is 0 Å². The van der Waals surface area contributed by atoms with E-state index in [0.717, 1.165) is 26.2 Å². The second-order valence-electron chi connectivity index (χ2n) is 5.06. The van der Waals surface area contributed by atoms with Crippen molar-refractivity contribution in [2.75, 3.05) is 26.2 Å². The van der Waals surface area contributed by atoms with Crippen LogP contribution in [0, 0.1) is 13.8 Å². The first kappa shape index (κ1) is 15.2. The van der Waals surface area contributed by atoms with Crippen LogP contribution in [0.15, 0.2) is 18.2 Å². The highest BCUT2D eigenvalue weighted by atomic mass is 15.1. The molecule has 0 fully saturated rings. The van der Waals surface area contributed by atoms with Crippen LogP contribution in [-0.4, -0.2) is 31.1 Å². The van der Waals surface area contributed by atoms with E-state index >= 15 is 0 Å². The van der Waals surface area contributed by atoms with Gasteiger partial charge in [0.2, 0.25) is 0 Å². The summed E-state index contributed by atoms with van der Waals surface area (Å²) < 4.78 is 0. The highest BCUT2D eigenvalue weighted by molar-refractivity contribution is 5.32. The molecule has 0 spiro atoms. The first-order chi connectivity index (χ1) is 8.58. The highest BCUT2D eigenvalue weighted by Crippen LogP contribution is 2.18. The van der Waals surface area contributed by atoms with E-state index in [0.29, 0.717) is 6.04 Å². The molecule has 0 aliphatic heterocycles. The van der Waals surface area contributed by atoms with Crippen molar-refractivity contribution in [3.8, 4) is 0 Å². The average Bonchev–Trinajstić information content (AvgIpc) is 2.34. The van der Waals surface area contributed by atoms with Crippen LogP contribution in [0.2, 0.25) is 0 Å². The summed E-state index contributed by atoms with van der Waals surface area (Å²) >= 11 is 0. The van der Waals surface area contributed by atoms with Crippen molar-refractivity contribution in [1.82, 2.24) is 10.2 Å². The van der Waals surface area contributed by atoms with Crippen LogP contribution in [0.3, 0.4) is 0 Å². The molecule has 102 valence electrons. The minimum absolute atomic E-state index is 0.432. The first-order valence-corrected chi connectivity index (χ1v) is 7.11. The molecule has 0 radical (unpaired) electrons. The van der Waals surface area contributed by atoms with Gasteiger partial charge in [-0.2, -0.15) is 0 Å². The van der Waals surface area contributed by atoms with Crippen molar-refractivity contribution in [2.24, 2.45) is 0 Å². The van der Waals surface area contributed by atoms with Crippen molar-refractivity contribution < 1.29 is 0 Å². The Labute approximate surface area is 112 Å². The van der Waals surface area contributed by atoms with Gasteiger partial charge in [0, 0.05) is 19.1 Å². The Morgan fingerprint density at radius 1 is 1.17 bits per heavy atom. The van der Waals surface area contributed by atoms with Crippen molar-refractivity contribution in [3.05, 3.63) is 34.9 Å². The van der Waals surface area contributed by atoms with Gasteiger partial charge in [-0.1, -0.05) is 37.6 Å². The maximum atomic E-state index is 3.62. The standard InChI is InChI=1S/C16H28N2/c1-6-18(7-2)11-10-17-15(5)16-9-8-13(3)12-14(16)4/h8-9,12,15,17H,6-7,10-11H2,1-5H3. The lowest BCUT2D eigenvalue weighted by atomic mass is 10.0. The Bertz CT molecular complexity index is 356. The second kappa shape index (κ2) is 7.55. The van der Waals surface area contributed by atoms with Crippen LogP contribution in [0.25, 0.3) is 0 Å². The Hall–Kier alpha value is -0.860. The lowest BCUT2D eigenvalue weighted by Crippen LogP contribution is -2.33. The summed E-state index contributed by atoms with van der Waals surface area (Å²) in [6.45, 7) is 15.5. The van der Waals surface area contributed by atoms with E-state index in [1.807, 2.05) is 0 Å². The SMILES string of the molecule is CCN(CC)CCNC(C)c1ccc(C)cc1C. The molecule has 18 heavy (non-hydrogen) atoms. The molecule has 0 aromatic heterocycles. The summed E-state index contributed by atoms with van der Waals surface area (Å²) in [6.07, 6.45) is 0. The van der Waals surface area contributed by atoms with E-state index in [2.05, 4.69) is 63.0 Å². The number of hydrogen-bond acceptors (Lipinski definition) is 2. The van der Waals surface area contributed by atoms with Crippen molar-refractivity contribution >= 4 is 0 Å². The molecule has 0 saturated carbocycles. The average molecular weight is 248 g/mol. The number of hydrogen-bond donors (Lipinski definition) is 1. The van der Waals surface area contributed by atoms with Crippen LogP contribution in [0.5, 0.6) is 0 Å². The molecule has 2 heteroatoms. The monoisotopic (exact) mass is 248 g/mol. The number of benzene rings is 1. The third kappa shape index (κ3) is 4.43. The van der Waals surface area contributed by atoms with E-state index in [1.165, 1.54) is 16.7 Å². The minimum atomic E-state index is 0.432. The molecule has 0 aliphatic rings. The Balaban J connectivity index is 2.47. The van der Waals surface area contributed by atoms with Gasteiger partial charge in [-0.15, -0.1) is 0 Å². The maximum absolute atomic E-state index is 3.62. The molecule has 1 aromatic carbocycles. The molecule has 0 heterocycles. The molecule has 1 atom stereocenters. The van der Waals surface area contributed by atoms with E-state index in [9.17, 15) is 0 Å². The van der Waals surface area contributed by atoms with Crippen molar-refractivity contribution in [3.63, 3.8) is 0 Å². The molecule has 0 bridgehead atoms. The van der Waals surface area contributed by atoms with Gasteiger partial charge in [-0.3, -0.25) is 0 Å². The summed E-state index contributed by atoms with van der Waals surface area (Å²) in [4.78, 5) is 2.45. The third-order valence-electron chi connectivity index (χ3n) is 3.66. The zero-order valence-corrected chi connectivity index (χ0v) is 12.6. The fourth-order valence-electron chi connectivity index (χ4n) is 2.40. The van der Waals surface area contributed by atoms with E-state index in [1.54, 1.807) is 0 Å². The van der Waals surface area contributed by atoms with Gasteiger partial charge in [-0.25, -0.2) is 0 Å². The van der Waals surface area contributed by atoms with Crippen LogP contribution >= 0.6 is 0 Å². The Morgan fingerprint density at radius 2 is 1.83 bits per heavy atom. The summed E-state index contributed by atoms with van der Waals surface area (Å²) in [7, 11) is 0. The van der Waals surface area contributed by atoms with Crippen molar-refractivity contribution in [1.29, 1.82) is 0 Å². The largest absolute Gasteiger partial charge is 0.309 e. The number of aryl methyl sites for hydroxylation is 2. The predicted molar refractivity (Wildman–Crippen MR) is 80.1 cm³/mol. The number of rotatable bonds is 7. The first-order valence-electron chi connectivity index (χ1n) is 7.11. The van der Waals surface area contributed by atoms with Gasteiger partial charge in [0.1, 0.15) is 0 Å². The van der Waals surface area contributed by atoms with E-state index in [-0.39, 0.29) is 0 Å². The number of likely N-dealkylation sites (N-methyl/N-ethyl adjacent to an activating group) is 1. The van der Waals surface area contributed by atoms with Gasteiger partial charge in [-0.05, 0) is 45.0 Å². The van der Waals surface area contributed by atoms with E-state index in [4.69, 9.17) is 0 Å². The molecule has 1 rings (SSSR count). The topological polar surface area (TPSA) is 15.3 Å². The fourth-order valence-corrected chi connectivity index (χ4v) is 2.40. The quantitative estimate of drug-likeness (QED) is 0.796. The van der Waals surface area contributed by atoms with Gasteiger partial charge >= 0.3 is 0 Å². The second-order valence-corrected chi connectivity index (χ2v) is 5.06. The van der Waals surface area contributed by atoms with Crippen LogP contribution in [0.4, 0.5) is 0 Å². The highest BCUT2D eigenvalue weighted by Gasteiger charge is 2.08. The molecule has 0 aliphatic carbocycles. The minimum Gasteiger partial charge on any atom is -0.309 e. The van der Waals surface area contributed by atoms with Crippen LogP contribution in [-0.2, 0) is 0 Å². The molecule has 1 aromatic rings. The van der Waals surface area contributed by atoms with Gasteiger partial charge in [0.25, 0.3) is 0 Å². The Kier molecular flexibility index (Phi) is 6.37. The molecule has 1 unspecified atom stereocenters.